The molecule has 2 aliphatic heterocycles. The van der Waals surface area contributed by atoms with E-state index >= 15 is 0 Å². The topological polar surface area (TPSA) is 105 Å². The van der Waals surface area contributed by atoms with Crippen molar-refractivity contribution in [3.8, 4) is 28.7 Å². The molecule has 1 N–H and O–H groups in total. The lowest BCUT2D eigenvalue weighted by Gasteiger charge is -2.38. The number of hydrogen-bond donors (Lipinski definition) is 1. The first kappa shape index (κ1) is 22.5. The average Bonchev–Trinajstić information content (AvgIpc) is 3.56. The van der Waals surface area contributed by atoms with Crippen LogP contribution in [0.5, 0.6) is 17.2 Å². The summed E-state index contributed by atoms with van der Waals surface area (Å²) in [5.41, 5.74) is 1.69. The fraction of sp³-hybridized carbons (Fsp3) is 0.375. The first-order valence-electron chi connectivity index (χ1n) is 11.0. The van der Waals surface area contributed by atoms with Crippen molar-refractivity contribution < 1.29 is 28.2 Å². The van der Waals surface area contributed by atoms with Crippen LogP contribution in [-0.4, -0.2) is 55.5 Å². The van der Waals surface area contributed by atoms with Crippen LogP contribution in [-0.2, 0) is 14.9 Å². The highest BCUT2D eigenvalue weighted by Crippen LogP contribution is 2.40. The Hall–Kier alpha value is -3.24. The third kappa shape index (κ3) is 4.83. The van der Waals surface area contributed by atoms with E-state index in [0.29, 0.717) is 30.9 Å². The number of aromatic nitrogens is 2. The van der Waals surface area contributed by atoms with Crippen molar-refractivity contribution >= 4 is 17.7 Å². The van der Waals surface area contributed by atoms with Gasteiger partial charge in [-0.15, -0.1) is 10.2 Å². The van der Waals surface area contributed by atoms with Crippen molar-refractivity contribution in [2.45, 2.75) is 23.5 Å². The molecule has 0 atom stereocenters. The van der Waals surface area contributed by atoms with E-state index in [0.717, 1.165) is 41.2 Å². The summed E-state index contributed by atoms with van der Waals surface area (Å²) < 4.78 is 27.5. The Morgan fingerprint density at radius 2 is 1.88 bits per heavy atom. The number of benzene rings is 2. The van der Waals surface area contributed by atoms with Gasteiger partial charge in [0.05, 0.1) is 12.9 Å². The minimum absolute atomic E-state index is 0.0965. The van der Waals surface area contributed by atoms with Gasteiger partial charge in [0.25, 0.3) is 5.22 Å². The Bertz CT molecular complexity index is 1140. The van der Waals surface area contributed by atoms with E-state index in [1.54, 1.807) is 7.11 Å². The monoisotopic (exact) mass is 483 g/mol. The maximum Gasteiger partial charge on any atom is 0.277 e. The van der Waals surface area contributed by atoms with Gasteiger partial charge in [-0.1, -0.05) is 17.8 Å². The Labute approximate surface area is 201 Å². The van der Waals surface area contributed by atoms with Gasteiger partial charge in [-0.25, -0.2) is 0 Å². The van der Waals surface area contributed by atoms with Crippen LogP contribution >= 0.6 is 11.8 Å². The van der Waals surface area contributed by atoms with Crippen molar-refractivity contribution in [2.24, 2.45) is 0 Å². The molecule has 2 aliphatic rings. The number of methoxy groups -OCH3 is 1. The van der Waals surface area contributed by atoms with Crippen LogP contribution in [0.4, 0.5) is 0 Å². The lowest BCUT2D eigenvalue weighted by molar-refractivity contribution is -0.119. The second-order valence-corrected chi connectivity index (χ2v) is 9.05. The molecule has 10 heteroatoms. The van der Waals surface area contributed by atoms with E-state index in [4.69, 9.17) is 23.4 Å². The van der Waals surface area contributed by atoms with Gasteiger partial charge in [0.2, 0.25) is 18.6 Å². The molecule has 3 aromatic rings. The summed E-state index contributed by atoms with van der Waals surface area (Å²) in [6.07, 6.45) is 1.63. The number of ether oxygens (including phenoxy) is 4. The first-order chi connectivity index (χ1) is 16.6. The van der Waals surface area contributed by atoms with Gasteiger partial charge in [-0.3, -0.25) is 4.79 Å². The van der Waals surface area contributed by atoms with Crippen LogP contribution in [0.15, 0.2) is 52.1 Å². The highest BCUT2D eigenvalue weighted by Gasteiger charge is 2.36. The molecular formula is C24H25N3O6S. The SMILES string of the molecule is COc1ccc(-c2nnc(SCC(=O)NCC3(c4ccc5c(c4)OCO5)CCOCC3)o2)cc1. The number of rotatable bonds is 8. The number of carbonyl (C=O) groups excluding carboxylic acids is 1. The summed E-state index contributed by atoms with van der Waals surface area (Å²) >= 11 is 1.21. The predicted octanol–water partition coefficient (Wildman–Crippen LogP) is 3.43. The third-order valence-corrected chi connectivity index (χ3v) is 6.95. The lowest BCUT2D eigenvalue weighted by Crippen LogP contribution is -2.45. The molecule has 2 aromatic carbocycles. The van der Waals surface area contributed by atoms with E-state index in [1.165, 1.54) is 11.8 Å². The number of thioether (sulfide) groups is 1. The molecule has 9 nitrogen and oxygen atoms in total. The smallest absolute Gasteiger partial charge is 0.277 e. The Balaban J connectivity index is 1.19. The molecule has 1 amide bonds. The van der Waals surface area contributed by atoms with Gasteiger partial charge in [0.15, 0.2) is 11.5 Å². The number of fused-ring (bicyclic) bond motifs is 1. The molecular weight excluding hydrogens is 458 g/mol. The molecule has 3 heterocycles. The number of amides is 1. The second-order valence-electron chi connectivity index (χ2n) is 8.13. The minimum atomic E-state index is -0.217. The Kier molecular flexibility index (Phi) is 6.59. The van der Waals surface area contributed by atoms with Crippen LogP contribution < -0.4 is 19.5 Å². The van der Waals surface area contributed by atoms with Crippen LogP contribution in [0.25, 0.3) is 11.5 Å². The highest BCUT2D eigenvalue weighted by molar-refractivity contribution is 7.99. The van der Waals surface area contributed by atoms with Crippen LogP contribution in [0.2, 0.25) is 0 Å². The molecule has 5 rings (SSSR count). The van der Waals surface area contributed by atoms with E-state index in [2.05, 4.69) is 21.6 Å². The number of hydrogen-bond acceptors (Lipinski definition) is 9. The maximum atomic E-state index is 12.7. The van der Waals surface area contributed by atoms with Gasteiger partial charge in [-0.05, 0) is 54.8 Å². The van der Waals surface area contributed by atoms with E-state index in [-0.39, 0.29) is 23.9 Å². The zero-order chi connectivity index (χ0) is 23.4. The zero-order valence-corrected chi connectivity index (χ0v) is 19.6. The summed E-state index contributed by atoms with van der Waals surface area (Å²) in [6, 6.07) is 13.3. The summed E-state index contributed by atoms with van der Waals surface area (Å²) in [4.78, 5) is 12.7. The molecule has 34 heavy (non-hydrogen) atoms. The molecule has 178 valence electrons. The number of nitrogens with zero attached hydrogens (tertiary/aromatic N) is 2. The molecule has 1 saturated heterocycles. The molecule has 0 spiro atoms. The fourth-order valence-electron chi connectivity index (χ4n) is 4.12. The Morgan fingerprint density at radius 3 is 2.68 bits per heavy atom. The quantitative estimate of drug-likeness (QED) is 0.483. The third-order valence-electron chi connectivity index (χ3n) is 6.13. The van der Waals surface area contributed by atoms with Gasteiger partial charge in [0, 0.05) is 30.7 Å². The normalized spacial score (nSPS) is 16.3. The standard InChI is InChI=1S/C24H25N3O6S/c1-29-18-5-2-16(3-6-18)22-26-27-23(33-22)34-13-21(28)25-14-24(8-10-30-11-9-24)17-4-7-19-20(12-17)32-15-31-19/h2-7,12H,8-11,13-15H2,1H3,(H,25,28). The molecule has 0 saturated carbocycles. The molecule has 0 unspecified atom stereocenters. The van der Waals surface area contributed by atoms with Gasteiger partial charge in [-0.2, -0.15) is 0 Å². The predicted molar refractivity (Wildman–Crippen MR) is 124 cm³/mol. The average molecular weight is 484 g/mol. The molecule has 0 aliphatic carbocycles. The number of nitrogens with one attached hydrogen (secondary N) is 1. The van der Waals surface area contributed by atoms with E-state index in [9.17, 15) is 4.79 Å². The summed E-state index contributed by atoms with van der Waals surface area (Å²) in [6.45, 7) is 2.04. The minimum Gasteiger partial charge on any atom is -0.497 e. The summed E-state index contributed by atoms with van der Waals surface area (Å²) in [5, 5.41) is 11.6. The molecule has 1 fully saturated rings. The van der Waals surface area contributed by atoms with Crippen molar-refractivity contribution in [3.63, 3.8) is 0 Å². The van der Waals surface area contributed by atoms with E-state index in [1.807, 2.05) is 36.4 Å². The highest BCUT2D eigenvalue weighted by atomic mass is 32.2. The molecule has 0 bridgehead atoms. The Morgan fingerprint density at radius 1 is 1.09 bits per heavy atom. The van der Waals surface area contributed by atoms with Crippen LogP contribution in [0, 0.1) is 0 Å². The van der Waals surface area contributed by atoms with E-state index < -0.39 is 0 Å². The van der Waals surface area contributed by atoms with Gasteiger partial charge < -0.3 is 28.7 Å². The molecule has 0 radical (unpaired) electrons. The summed E-state index contributed by atoms with van der Waals surface area (Å²) in [7, 11) is 1.61. The molecule has 1 aromatic heterocycles. The maximum absolute atomic E-state index is 12.7. The first-order valence-corrected chi connectivity index (χ1v) is 12.0. The lowest BCUT2D eigenvalue weighted by atomic mass is 9.74. The van der Waals surface area contributed by atoms with Crippen molar-refractivity contribution in [1.82, 2.24) is 15.5 Å². The summed E-state index contributed by atoms with van der Waals surface area (Å²) in [5.74, 6) is 2.72. The van der Waals surface area contributed by atoms with Crippen LogP contribution in [0.1, 0.15) is 18.4 Å². The zero-order valence-electron chi connectivity index (χ0n) is 18.7. The van der Waals surface area contributed by atoms with Crippen molar-refractivity contribution in [3.05, 3.63) is 48.0 Å². The second kappa shape index (κ2) is 9.94. The largest absolute Gasteiger partial charge is 0.497 e. The fourth-order valence-corrected chi connectivity index (χ4v) is 4.71. The van der Waals surface area contributed by atoms with Crippen molar-refractivity contribution in [2.75, 3.05) is 39.4 Å². The van der Waals surface area contributed by atoms with Crippen LogP contribution in [0.3, 0.4) is 0 Å². The van der Waals surface area contributed by atoms with Gasteiger partial charge >= 0.3 is 0 Å². The van der Waals surface area contributed by atoms with Gasteiger partial charge in [0.1, 0.15) is 5.75 Å². The number of carbonyl (C=O) groups is 1. The van der Waals surface area contributed by atoms with Crippen molar-refractivity contribution in [1.29, 1.82) is 0 Å².